The van der Waals surface area contributed by atoms with Crippen LogP contribution in [0.4, 0.5) is 24.5 Å². The van der Waals surface area contributed by atoms with Crippen molar-refractivity contribution < 1.29 is 59.1 Å². The number of likely N-dealkylation sites (tertiary alicyclic amines) is 1. The van der Waals surface area contributed by atoms with E-state index in [1.54, 1.807) is 43.3 Å². The molecule has 1 aliphatic carbocycles. The van der Waals surface area contributed by atoms with Crippen LogP contribution in [0.2, 0.25) is 5.02 Å². The number of aromatic nitrogens is 1. The summed E-state index contributed by atoms with van der Waals surface area (Å²) in [6, 6.07) is 30.7. The summed E-state index contributed by atoms with van der Waals surface area (Å²) in [5.41, 5.74) is 2.28. The molecule has 6 aromatic rings. The maximum Gasteiger partial charge on any atom is 0.501 e. The monoisotopic (exact) mass is 1480 g/mol. The molecule has 0 bridgehead atoms. The summed E-state index contributed by atoms with van der Waals surface area (Å²) >= 11 is 9.13. The van der Waals surface area contributed by atoms with E-state index in [1.165, 1.54) is 56.8 Å². The van der Waals surface area contributed by atoms with E-state index in [0.29, 0.717) is 43.8 Å². The first kappa shape index (κ1) is 76.3. The van der Waals surface area contributed by atoms with Gasteiger partial charge in [0.25, 0.3) is 25.8 Å². The average Bonchev–Trinajstić information content (AvgIpc) is 1.14. The van der Waals surface area contributed by atoms with Crippen LogP contribution < -0.4 is 25.6 Å². The van der Waals surface area contributed by atoms with Gasteiger partial charge in [0.15, 0.2) is 0 Å². The van der Waals surface area contributed by atoms with Crippen LogP contribution >= 0.6 is 34.7 Å². The maximum absolute atomic E-state index is 14.6. The third-order valence-corrected chi connectivity index (χ3v) is 24.3. The van der Waals surface area contributed by atoms with Gasteiger partial charge in [0, 0.05) is 131 Å². The molecule has 101 heavy (non-hydrogen) atoms. The fourth-order valence-electron chi connectivity index (χ4n) is 13.3. The number of hydrogen-bond donors (Lipinski definition) is 5. The van der Waals surface area contributed by atoms with Gasteiger partial charge in [0.05, 0.1) is 32.8 Å². The zero-order valence-electron chi connectivity index (χ0n) is 57.5. The number of hydrogen-bond acceptors (Lipinski definition) is 17. The molecule has 3 fully saturated rings. The number of carbonyl (C=O) groups is 5. The summed E-state index contributed by atoms with van der Waals surface area (Å²) in [6.45, 7) is 17.4. The number of piperazine rings is 2. The Morgan fingerprint density at radius 3 is 2.12 bits per heavy atom. The molecule has 0 spiro atoms. The molecule has 4 atom stereocenters. The number of rotatable bonds is 25. The molecule has 0 saturated carbocycles. The summed E-state index contributed by atoms with van der Waals surface area (Å²) in [5.74, 6) is -2.70. The van der Waals surface area contributed by atoms with Gasteiger partial charge in [-0.25, -0.2) is 26.5 Å². The Bertz CT molecular complexity index is 4200. The highest BCUT2D eigenvalue weighted by Gasteiger charge is 2.49. The van der Waals surface area contributed by atoms with E-state index < -0.39 is 94.1 Å². The van der Waals surface area contributed by atoms with Gasteiger partial charge in [0.1, 0.15) is 17.0 Å². The predicted molar refractivity (Wildman–Crippen MR) is 389 cm³/mol. The second-order valence-electron chi connectivity index (χ2n) is 28.2. The summed E-state index contributed by atoms with van der Waals surface area (Å²) in [5, 5.41) is 20.1. The van der Waals surface area contributed by atoms with Crippen molar-refractivity contribution in [2.75, 3.05) is 88.0 Å². The minimum Gasteiger partial charge on any atom is -0.391 e. The Morgan fingerprint density at radius 2 is 1.48 bits per heavy atom. The number of anilines is 2. The van der Waals surface area contributed by atoms with E-state index in [2.05, 4.69) is 56.7 Å². The summed E-state index contributed by atoms with van der Waals surface area (Å²) in [6.07, 6.45) is 1.95. The highest BCUT2D eigenvalue weighted by Crippen LogP contribution is 2.43. The van der Waals surface area contributed by atoms with Crippen molar-refractivity contribution in [3.63, 3.8) is 0 Å². The van der Waals surface area contributed by atoms with Crippen LogP contribution in [0.5, 0.6) is 0 Å². The lowest BCUT2D eigenvalue weighted by molar-refractivity contribution is -0.144. The summed E-state index contributed by atoms with van der Waals surface area (Å²) in [4.78, 5) is 82.3. The number of nitrogens with zero attached hydrogens (tertiary/aromatic N) is 6. The number of halogens is 4. The number of aliphatic hydroxyl groups is 1. The molecular weight excluding hydrogens is 1400 g/mol. The van der Waals surface area contributed by atoms with Gasteiger partial charge in [-0.2, -0.15) is 13.2 Å². The number of aryl methyl sites for hydroxylation is 1. The Labute approximate surface area is 602 Å². The molecule has 542 valence electrons. The number of thioether (sulfide) groups is 1. The van der Waals surface area contributed by atoms with Crippen molar-refractivity contribution >= 4 is 101 Å². The van der Waals surface area contributed by atoms with E-state index in [1.807, 2.05) is 83.3 Å². The number of amides is 5. The van der Waals surface area contributed by atoms with Gasteiger partial charge in [-0.1, -0.05) is 106 Å². The first-order valence-electron chi connectivity index (χ1n) is 33.9. The molecule has 0 unspecified atom stereocenters. The average molecular weight is 1490 g/mol. The molecule has 28 heteroatoms. The minimum absolute atomic E-state index is 0.0110. The van der Waals surface area contributed by atoms with Crippen LogP contribution in [-0.4, -0.2) is 184 Å². The number of sulfonamides is 1. The van der Waals surface area contributed by atoms with Gasteiger partial charge < -0.3 is 35.8 Å². The number of β-amino-alcohol motifs (C(OH)–C–C–N with tert-alkyl or cyclic N) is 1. The Morgan fingerprint density at radius 1 is 0.812 bits per heavy atom. The fourth-order valence-corrected chi connectivity index (χ4v) is 17.2. The number of sulfone groups is 1. The molecule has 4 aliphatic rings. The number of nitrogens with one attached hydrogen (secondary N) is 4. The molecule has 5 aromatic carbocycles. The third-order valence-electron chi connectivity index (χ3n) is 19.1. The number of aliphatic hydroxyl groups excluding tert-OH is 1. The van der Waals surface area contributed by atoms with E-state index in [9.17, 15) is 59.1 Å². The van der Waals surface area contributed by atoms with Gasteiger partial charge in [0.2, 0.25) is 23.6 Å². The van der Waals surface area contributed by atoms with Crippen LogP contribution in [0, 0.1) is 17.8 Å². The Balaban J connectivity index is 0.722. The van der Waals surface area contributed by atoms with Crippen molar-refractivity contribution in [3.8, 4) is 10.4 Å². The van der Waals surface area contributed by atoms with Crippen molar-refractivity contribution in [2.45, 2.75) is 137 Å². The molecule has 1 aromatic heterocycles. The quantitative estimate of drug-likeness (QED) is 0.0334. The van der Waals surface area contributed by atoms with Crippen LogP contribution in [-0.2, 0) is 45.6 Å². The lowest BCUT2D eigenvalue weighted by Gasteiger charge is -2.39. The van der Waals surface area contributed by atoms with E-state index in [-0.39, 0.29) is 74.5 Å². The normalized spacial score (nSPS) is 18.6. The second-order valence-corrected chi connectivity index (χ2v) is 34.2. The SMILES string of the molecule is Cc1ncsc1-c1ccc(CNC(=O)[C@@H]2C[C@@H](O)CN2C(=O)[C@@H](NC(=O)CCC(=O)N2CCN(CC[C@H](CSc3ccccc3)Nc3ccc(S(=O)(=O)NC(=O)c4ccc(N5CCN(CC6=C(c7ccc(Cl)cc7)CCC(C)(C)C6)CC5)cc4)cc3S(=O)(=O)C(F)(F)F)CC2)C(C)(C)C)cc1. The molecular formula is C73H88ClF3N10O10S4. The summed E-state index contributed by atoms with van der Waals surface area (Å²) in [7, 11) is -11.2. The molecule has 4 heterocycles. The molecule has 5 amide bonds. The largest absolute Gasteiger partial charge is 0.501 e. The van der Waals surface area contributed by atoms with Crippen molar-refractivity contribution in [2.24, 2.45) is 10.8 Å². The van der Waals surface area contributed by atoms with Gasteiger partial charge >= 0.3 is 5.51 Å². The predicted octanol–water partition coefficient (Wildman–Crippen LogP) is 10.7. The molecule has 0 radical (unpaired) electrons. The van der Waals surface area contributed by atoms with Crippen molar-refractivity contribution in [3.05, 3.63) is 160 Å². The Hall–Kier alpha value is -7.37. The van der Waals surface area contributed by atoms with E-state index in [0.717, 1.165) is 83.3 Å². The van der Waals surface area contributed by atoms with Crippen LogP contribution in [0.15, 0.2) is 147 Å². The van der Waals surface area contributed by atoms with Crippen LogP contribution in [0.25, 0.3) is 16.0 Å². The van der Waals surface area contributed by atoms with Crippen molar-refractivity contribution in [1.29, 1.82) is 0 Å². The van der Waals surface area contributed by atoms with E-state index in [4.69, 9.17) is 11.6 Å². The standard InChI is InChI=1S/C73H88ClF3N10O10S4/c1-48-66(99-47-79-48)51-14-12-49(13-15-51)43-78-69(92)62-40-57(88)45-87(62)70(93)67(71(2,3)4)81-64(89)26-27-65(90)86-38-32-83(33-39-86)31-29-55(46-98-58-10-8-7-9-11-58)80-61-25-24-59(41-63(61)100(94,95)73(75,76)77)101(96,97)82-68(91)52-18-22-56(23-19-52)85-36-34-84(35-37-85)44-53-42-72(5,6)30-28-60(53)50-16-20-54(74)21-17-50/h7-25,41,47,55,57,62,67,80,88H,26-40,42-46H2,1-6H3,(H,78,92)(H,81,89)(H,82,91)/t55-,57-,62+,67-/m1/s1. The van der Waals surface area contributed by atoms with Crippen molar-refractivity contribution in [1.82, 2.24) is 39.9 Å². The highest BCUT2D eigenvalue weighted by atomic mass is 35.5. The fraction of sp³-hybridized carbons (Fsp3) is 0.452. The Kier molecular flexibility index (Phi) is 24.6. The number of benzene rings is 5. The van der Waals surface area contributed by atoms with Gasteiger partial charge in [-0.05, 0) is 132 Å². The van der Waals surface area contributed by atoms with Crippen LogP contribution in [0.1, 0.15) is 107 Å². The van der Waals surface area contributed by atoms with Gasteiger partial charge in [-0.3, -0.25) is 33.8 Å². The lowest BCUT2D eigenvalue weighted by Crippen LogP contribution is -2.57. The molecule has 10 rings (SSSR count). The first-order valence-corrected chi connectivity index (χ1v) is 39.1. The number of alkyl halides is 3. The highest BCUT2D eigenvalue weighted by molar-refractivity contribution is 7.99. The smallest absolute Gasteiger partial charge is 0.391 e. The number of allylic oxidation sites excluding steroid dienone is 1. The molecule has 20 nitrogen and oxygen atoms in total. The maximum atomic E-state index is 14.6. The number of thiazole rings is 1. The topological polar surface area (TPSA) is 251 Å². The molecule has 5 N–H and O–H groups in total. The van der Waals surface area contributed by atoms with Crippen LogP contribution in [0.3, 0.4) is 0 Å². The third kappa shape index (κ3) is 19.7. The molecule has 3 saturated heterocycles. The molecule has 3 aliphatic heterocycles. The number of carbonyl (C=O) groups excluding carboxylic acids is 5. The summed E-state index contributed by atoms with van der Waals surface area (Å²) < 4.78 is 100. The van der Waals surface area contributed by atoms with Gasteiger partial charge in [-0.15, -0.1) is 23.1 Å². The first-order chi connectivity index (χ1) is 47.8. The lowest BCUT2D eigenvalue weighted by atomic mass is 9.73. The zero-order chi connectivity index (χ0) is 72.6. The zero-order valence-corrected chi connectivity index (χ0v) is 61.5. The second kappa shape index (κ2) is 32.5. The minimum atomic E-state index is -6.21. The van der Waals surface area contributed by atoms with E-state index >= 15 is 0 Å².